The first-order valence-electron chi connectivity index (χ1n) is 5.15. The maximum atomic E-state index is 11.8. The zero-order chi connectivity index (χ0) is 11.5. The van der Waals surface area contributed by atoms with E-state index in [1.165, 1.54) is 4.57 Å². The van der Waals surface area contributed by atoms with Crippen molar-refractivity contribution in [2.24, 2.45) is 5.84 Å². The third-order valence-electron chi connectivity index (χ3n) is 2.54. The van der Waals surface area contributed by atoms with Gasteiger partial charge in [-0.15, -0.1) is 0 Å². The van der Waals surface area contributed by atoms with Crippen LogP contribution in [0.3, 0.4) is 0 Å². The number of hydrogen-bond donors (Lipinski definition) is 2. The third kappa shape index (κ3) is 2.31. The highest BCUT2D eigenvalue weighted by molar-refractivity contribution is 5.68. The van der Waals surface area contributed by atoms with Crippen LogP contribution in [0.4, 0.5) is 0 Å². The Morgan fingerprint density at radius 3 is 2.94 bits per heavy atom. The third-order valence-corrected chi connectivity index (χ3v) is 2.54. The second-order valence-corrected chi connectivity index (χ2v) is 3.75. The van der Waals surface area contributed by atoms with Crippen molar-refractivity contribution in [1.82, 2.24) is 14.7 Å². The van der Waals surface area contributed by atoms with Gasteiger partial charge in [-0.1, -0.05) is 5.59 Å². The smallest absolute Gasteiger partial charge is 0.328 e. The Balaban J connectivity index is 1.94. The van der Waals surface area contributed by atoms with Crippen LogP contribution < -0.4 is 17.1 Å². The predicted octanol–water partition coefficient (Wildman–Crippen LogP) is -0.704. The molecule has 7 heteroatoms. The van der Waals surface area contributed by atoms with Crippen molar-refractivity contribution < 1.29 is 9.63 Å². The molecule has 2 rings (SSSR count). The molecule has 7 nitrogen and oxygen atoms in total. The minimum Gasteiger partial charge on any atom is -0.356 e. The number of aromatic nitrogens is 2. The lowest BCUT2D eigenvalue weighted by Crippen LogP contribution is -2.28. The summed E-state index contributed by atoms with van der Waals surface area (Å²) in [6.45, 7) is 0.305. The molecule has 0 amide bonds. The van der Waals surface area contributed by atoms with Gasteiger partial charge in [0.15, 0.2) is 0 Å². The number of nitrogens with zero attached hydrogens (tertiary/aromatic N) is 2. The quantitative estimate of drug-likeness (QED) is 0.511. The lowest BCUT2D eigenvalue weighted by atomic mass is 10.4. The summed E-state index contributed by atoms with van der Waals surface area (Å²) in [6, 6.07) is 0.353. The van der Waals surface area contributed by atoms with Crippen molar-refractivity contribution in [1.29, 1.82) is 0 Å². The summed E-state index contributed by atoms with van der Waals surface area (Å²) < 4.78 is 3.20. The van der Waals surface area contributed by atoms with Crippen LogP contribution in [0.15, 0.2) is 17.2 Å². The van der Waals surface area contributed by atoms with Crippen molar-refractivity contribution in [3.8, 4) is 0 Å². The first kappa shape index (κ1) is 10.9. The van der Waals surface area contributed by atoms with Gasteiger partial charge in [0.2, 0.25) is 0 Å². The number of carbonyl (C=O) groups is 1. The van der Waals surface area contributed by atoms with Crippen molar-refractivity contribution in [3.63, 3.8) is 0 Å². The molecule has 1 aliphatic rings. The van der Waals surface area contributed by atoms with E-state index in [1.807, 2.05) is 5.59 Å². The highest BCUT2D eigenvalue weighted by Gasteiger charge is 2.25. The molecule has 0 radical (unpaired) electrons. The summed E-state index contributed by atoms with van der Waals surface area (Å²) >= 11 is 0. The van der Waals surface area contributed by atoms with E-state index in [4.69, 9.17) is 5.84 Å². The molecule has 88 valence electrons. The number of rotatable bonds is 5. The van der Waals surface area contributed by atoms with Crippen LogP contribution in [0.1, 0.15) is 25.3 Å². The van der Waals surface area contributed by atoms with Crippen molar-refractivity contribution in [2.45, 2.75) is 31.8 Å². The molecule has 0 atom stereocenters. The van der Waals surface area contributed by atoms with E-state index in [9.17, 15) is 9.59 Å². The van der Waals surface area contributed by atoms with E-state index in [0.717, 1.165) is 12.8 Å². The largest absolute Gasteiger partial charge is 0.356 e. The van der Waals surface area contributed by atoms with Gasteiger partial charge in [0, 0.05) is 25.0 Å². The fourth-order valence-electron chi connectivity index (χ4n) is 1.56. The number of nitrogens with one attached hydrogen (secondary N) is 1. The SMILES string of the molecule is NNOC(=O)CCn1ccn(C2CC2)c1=O. The van der Waals surface area contributed by atoms with Crippen LogP contribution in [-0.4, -0.2) is 15.1 Å². The maximum absolute atomic E-state index is 11.8. The predicted molar refractivity (Wildman–Crippen MR) is 55.0 cm³/mol. The number of carbonyl (C=O) groups excluding carboxylic acids is 1. The van der Waals surface area contributed by atoms with Gasteiger partial charge in [0.25, 0.3) is 0 Å². The molecular formula is C9H14N4O3. The van der Waals surface area contributed by atoms with Crippen molar-refractivity contribution >= 4 is 5.97 Å². The van der Waals surface area contributed by atoms with Crippen LogP contribution in [0.5, 0.6) is 0 Å². The Labute approximate surface area is 91.7 Å². The lowest BCUT2D eigenvalue weighted by molar-refractivity contribution is -0.151. The van der Waals surface area contributed by atoms with Crippen LogP contribution >= 0.6 is 0 Å². The molecule has 0 aromatic carbocycles. The van der Waals surface area contributed by atoms with Gasteiger partial charge in [0.05, 0.1) is 6.42 Å². The first-order valence-corrected chi connectivity index (χ1v) is 5.15. The van der Waals surface area contributed by atoms with Gasteiger partial charge in [-0.2, -0.15) is 0 Å². The molecule has 1 fully saturated rings. The standard InChI is InChI=1S/C9H14N4O3/c10-11-16-8(14)3-4-12-5-6-13(9(12)15)7-1-2-7/h5-7,11H,1-4,10H2. The molecule has 16 heavy (non-hydrogen) atoms. The fraction of sp³-hybridized carbons (Fsp3) is 0.556. The first-order chi connectivity index (χ1) is 7.72. The second kappa shape index (κ2) is 4.50. The zero-order valence-electron chi connectivity index (χ0n) is 8.76. The monoisotopic (exact) mass is 226 g/mol. The zero-order valence-corrected chi connectivity index (χ0v) is 8.76. The molecule has 0 aliphatic heterocycles. The molecule has 0 saturated heterocycles. The van der Waals surface area contributed by atoms with Gasteiger partial charge in [-0.25, -0.2) is 10.6 Å². The summed E-state index contributed by atoms with van der Waals surface area (Å²) in [7, 11) is 0. The Morgan fingerprint density at radius 2 is 2.31 bits per heavy atom. The highest BCUT2D eigenvalue weighted by Crippen LogP contribution is 2.33. The molecule has 1 aromatic heterocycles. The molecule has 0 spiro atoms. The Bertz CT molecular complexity index is 432. The number of hydrogen-bond acceptors (Lipinski definition) is 5. The molecular weight excluding hydrogens is 212 g/mol. The van der Waals surface area contributed by atoms with E-state index in [2.05, 4.69) is 4.84 Å². The summed E-state index contributed by atoms with van der Waals surface area (Å²) in [6.07, 6.45) is 5.67. The van der Waals surface area contributed by atoms with E-state index >= 15 is 0 Å². The number of hydrazine groups is 1. The molecule has 0 unspecified atom stereocenters. The Kier molecular flexibility index (Phi) is 3.07. The number of imidazole rings is 1. The van der Waals surface area contributed by atoms with Gasteiger partial charge < -0.3 is 4.84 Å². The molecule has 1 aromatic rings. The second-order valence-electron chi connectivity index (χ2n) is 3.75. The summed E-state index contributed by atoms with van der Waals surface area (Å²) in [5.41, 5.74) is 1.74. The average molecular weight is 226 g/mol. The summed E-state index contributed by atoms with van der Waals surface area (Å²) in [5.74, 6) is 4.32. The molecule has 1 heterocycles. The molecule has 0 bridgehead atoms. The lowest BCUT2D eigenvalue weighted by Gasteiger charge is -2.01. The van der Waals surface area contributed by atoms with E-state index in [-0.39, 0.29) is 12.1 Å². The van der Waals surface area contributed by atoms with E-state index < -0.39 is 5.97 Å². The van der Waals surface area contributed by atoms with E-state index in [1.54, 1.807) is 17.0 Å². The Morgan fingerprint density at radius 1 is 1.56 bits per heavy atom. The summed E-state index contributed by atoms with van der Waals surface area (Å²) in [4.78, 5) is 27.1. The van der Waals surface area contributed by atoms with Crippen LogP contribution in [0, 0.1) is 0 Å². The highest BCUT2D eigenvalue weighted by atomic mass is 16.7. The Hall–Kier alpha value is -1.60. The maximum Gasteiger partial charge on any atom is 0.328 e. The topological polar surface area (TPSA) is 91.3 Å². The van der Waals surface area contributed by atoms with Gasteiger partial charge in [-0.3, -0.25) is 13.9 Å². The molecule has 3 N–H and O–H groups in total. The van der Waals surface area contributed by atoms with Crippen LogP contribution in [-0.2, 0) is 16.2 Å². The van der Waals surface area contributed by atoms with Gasteiger partial charge >= 0.3 is 11.7 Å². The van der Waals surface area contributed by atoms with Crippen molar-refractivity contribution in [3.05, 3.63) is 22.9 Å². The molecule has 1 saturated carbocycles. The molecule has 1 aliphatic carbocycles. The fourth-order valence-corrected chi connectivity index (χ4v) is 1.56. The van der Waals surface area contributed by atoms with E-state index in [0.29, 0.717) is 12.6 Å². The van der Waals surface area contributed by atoms with Crippen LogP contribution in [0.25, 0.3) is 0 Å². The number of aryl methyl sites for hydroxylation is 1. The van der Waals surface area contributed by atoms with Gasteiger partial charge in [-0.05, 0) is 12.8 Å². The minimum atomic E-state index is -0.492. The number of nitrogens with two attached hydrogens (primary N) is 1. The minimum absolute atomic E-state index is 0.0731. The van der Waals surface area contributed by atoms with Gasteiger partial charge in [0.1, 0.15) is 0 Å². The normalized spacial score (nSPS) is 15.1. The van der Waals surface area contributed by atoms with Crippen molar-refractivity contribution in [2.75, 3.05) is 0 Å². The van der Waals surface area contributed by atoms with Crippen LogP contribution in [0.2, 0.25) is 0 Å². The average Bonchev–Trinajstić information content (AvgIpc) is 3.02. The summed E-state index contributed by atoms with van der Waals surface area (Å²) in [5, 5.41) is 0.